The summed E-state index contributed by atoms with van der Waals surface area (Å²) in [6.45, 7) is 2.52. The van der Waals surface area contributed by atoms with Crippen LogP contribution in [0.2, 0.25) is 0 Å². The molecule has 5 nitrogen and oxygen atoms in total. The monoisotopic (exact) mass is 362 g/mol. The lowest BCUT2D eigenvalue weighted by atomic mass is 9.73. The Morgan fingerprint density at radius 3 is 2.68 bits per heavy atom. The van der Waals surface area contributed by atoms with E-state index in [-0.39, 0.29) is 23.8 Å². The highest BCUT2D eigenvalue weighted by Gasteiger charge is 2.42. The molecule has 2 aliphatic rings. The Morgan fingerprint density at radius 1 is 1.24 bits per heavy atom. The van der Waals surface area contributed by atoms with Crippen molar-refractivity contribution < 1.29 is 14.7 Å². The minimum Gasteiger partial charge on any atom is -0.395 e. The normalized spacial score (nSPS) is 24.0. The number of carbonyl (C=O) groups is 2. The summed E-state index contributed by atoms with van der Waals surface area (Å²) < 4.78 is 0. The molecule has 25 heavy (non-hydrogen) atoms. The van der Waals surface area contributed by atoms with Crippen molar-refractivity contribution in [3.05, 3.63) is 29.8 Å². The molecule has 1 spiro atoms. The van der Waals surface area contributed by atoms with Crippen LogP contribution in [0.5, 0.6) is 0 Å². The van der Waals surface area contributed by atoms with E-state index in [2.05, 4.69) is 0 Å². The highest BCUT2D eigenvalue weighted by molar-refractivity contribution is 7.98. The lowest BCUT2D eigenvalue weighted by Crippen LogP contribution is -2.55. The van der Waals surface area contributed by atoms with Gasteiger partial charge in [0.25, 0.3) is 5.91 Å². The van der Waals surface area contributed by atoms with Gasteiger partial charge >= 0.3 is 0 Å². The fourth-order valence-corrected chi connectivity index (χ4v) is 4.47. The molecule has 2 amide bonds. The number of β-amino-alcohol motifs (C(OH)–C–C–N with tert-alkyl or cyclic N) is 1. The zero-order valence-electron chi connectivity index (χ0n) is 14.7. The summed E-state index contributed by atoms with van der Waals surface area (Å²) in [5.41, 5.74) is 0.713. The van der Waals surface area contributed by atoms with E-state index < -0.39 is 0 Å². The summed E-state index contributed by atoms with van der Waals surface area (Å²) in [5.74, 6) is 0.202. The van der Waals surface area contributed by atoms with Crippen LogP contribution >= 0.6 is 11.8 Å². The van der Waals surface area contributed by atoms with Crippen LogP contribution in [0.4, 0.5) is 0 Å². The number of likely N-dealkylation sites (tertiary alicyclic amines) is 2. The average molecular weight is 362 g/mol. The topological polar surface area (TPSA) is 60.9 Å². The maximum absolute atomic E-state index is 12.9. The van der Waals surface area contributed by atoms with Gasteiger partial charge in [0.05, 0.1) is 6.61 Å². The third kappa shape index (κ3) is 4.01. The minimum absolute atomic E-state index is 0.00768. The van der Waals surface area contributed by atoms with Crippen molar-refractivity contribution in [3.63, 3.8) is 0 Å². The standard InChI is InChI=1S/C19H26N2O3S/c1-25-16-5-3-15(4-6-16)18(24)21-10-2-8-19(14-21)9-7-17(23)20(13-19)11-12-22/h3-6,22H,2,7-14H2,1H3. The van der Waals surface area contributed by atoms with E-state index in [1.54, 1.807) is 16.7 Å². The lowest BCUT2D eigenvalue weighted by molar-refractivity contribution is -0.139. The summed E-state index contributed by atoms with van der Waals surface area (Å²) >= 11 is 1.66. The number of hydrogen-bond donors (Lipinski definition) is 1. The fourth-order valence-electron chi connectivity index (χ4n) is 4.06. The van der Waals surface area contributed by atoms with Gasteiger partial charge in [-0.05, 0) is 49.8 Å². The maximum Gasteiger partial charge on any atom is 0.253 e. The second-order valence-corrected chi connectivity index (χ2v) is 7.98. The second-order valence-electron chi connectivity index (χ2n) is 7.10. The number of nitrogens with zero attached hydrogens (tertiary/aromatic N) is 2. The molecule has 6 heteroatoms. The first-order valence-corrected chi connectivity index (χ1v) is 10.1. The van der Waals surface area contributed by atoms with Crippen LogP contribution in [-0.2, 0) is 4.79 Å². The molecule has 1 atom stereocenters. The molecule has 2 saturated heterocycles. The van der Waals surface area contributed by atoms with Crippen molar-refractivity contribution in [1.82, 2.24) is 9.80 Å². The molecule has 2 aliphatic heterocycles. The molecule has 1 N–H and O–H groups in total. The van der Waals surface area contributed by atoms with Crippen molar-refractivity contribution >= 4 is 23.6 Å². The molecule has 1 unspecified atom stereocenters. The van der Waals surface area contributed by atoms with Crippen LogP contribution in [0.25, 0.3) is 0 Å². The zero-order valence-corrected chi connectivity index (χ0v) is 15.6. The number of hydrogen-bond acceptors (Lipinski definition) is 4. The third-order valence-corrected chi connectivity index (χ3v) is 6.15. The highest BCUT2D eigenvalue weighted by atomic mass is 32.2. The fraction of sp³-hybridized carbons (Fsp3) is 0.579. The van der Waals surface area contributed by atoms with Gasteiger partial charge in [-0.2, -0.15) is 0 Å². The van der Waals surface area contributed by atoms with Crippen molar-refractivity contribution in [2.75, 3.05) is 39.0 Å². The summed E-state index contributed by atoms with van der Waals surface area (Å²) in [4.78, 5) is 29.8. The zero-order chi connectivity index (χ0) is 17.9. The van der Waals surface area contributed by atoms with Gasteiger partial charge in [-0.1, -0.05) is 0 Å². The molecule has 3 rings (SSSR count). The Kier molecular flexibility index (Phi) is 5.69. The number of rotatable bonds is 4. The van der Waals surface area contributed by atoms with Gasteiger partial charge in [-0.3, -0.25) is 9.59 Å². The van der Waals surface area contributed by atoms with Crippen LogP contribution in [0.3, 0.4) is 0 Å². The van der Waals surface area contributed by atoms with Crippen molar-refractivity contribution in [2.24, 2.45) is 5.41 Å². The predicted molar refractivity (Wildman–Crippen MR) is 98.7 cm³/mol. The minimum atomic E-state index is -0.0177. The molecular formula is C19H26N2O3S. The van der Waals surface area contributed by atoms with E-state index in [1.165, 1.54) is 0 Å². The summed E-state index contributed by atoms with van der Waals surface area (Å²) in [6, 6.07) is 7.77. The molecule has 2 fully saturated rings. The van der Waals surface area contributed by atoms with Crippen LogP contribution in [-0.4, -0.2) is 65.8 Å². The van der Waals surface area contributed by atoms with Crippen molar-refractivity contribution in [1.29, 1.82) is 0 Å². The van der Waals surface area contributed by atoms with E-state index >= 15 is 0 Å². The van der Waals surface area contributed by atoms with E-state index in [9.17, 15) is 14.7 Å². The molecule has 0 bridgehead atoms. The number of thioether (sulfide) groups is 1. The molecule has 0 aliphatic carbocycles. The molecular weight excluding hydrogens is 336 g/mol. The summed E-state index contributed by atoms with van der Waals surface area (Å²) in [5, 5.41) is 9.19. The van der Waals surface area contributed by atoms with Gasteiger partial charge in [-0.15, -0.1) is 11.8 Å². The van der Waals surface area contributed by atoms with Crippen LogP contribution < -0.4 is 0 Å². The molecule has 2 heterocycles. The summed E-state index contributed by atoms with van der Waals surface area (Å²) in [6.07, 6.45) is 5.38. The Hall–Kier alpha value is -1.53. The average Bonchev–Trinajstić information content (AvgIpc) is 2.65. The van der Waals surface area contributed by atoms with Crippen LogP contribution in [0.15, 0.2) is 29.2 Å². The van der Waals surface area contributed by atoms with E-state index in [0.29, 0.717) is 26.1 Å². The lowest BCUT2D eigenvalue weighted by Gasteiger charge is -2.48. The van der Waals surface area contributed by atoms with E-state index in [1.807, 2.05) is 35.4 Å². The molecule has 0 radical (unpaired) electrons. The van der Waals surface area contributed by atoms with Crippen LogP contribution in [0.1, 0.15) is 36.0 Å². The Labute approximate surface area is 153 Å². The molecule has 1 aromatic carbocycles. The first-order chi connectivity index (χ1) is 12.1. The SMILES string of the molecule is CSc1ccc(C(=O)N2CCCC3(CCC(=O)N(CCO)C3)C2)cc1. The number of aliphatic hydroxyl groups excluding tert-OH is 1. The first kappa shape index (κ1) is 18.3. The number of piperidine rings is 2. The molecule has 0 saturated carbocycles. The molecule has 1 aromatic rings. The molecule has 136 valence electrons. The van der Waals surface area contributed by atoms with Gasteiger partial charge in [0.15, 0.2) is 0 Å². The van der Waals surface area contributed by atoms with Gasteiger partial charge < -0.3 is 14.9 Å². The quantitative estimate of drug-likeness (QED) is 0.835. The van der Waals surface area contributed by atoms with Crippen molar-refractivity contribution in [2.45, 2.75) is 30.6 Å². The third-order valence-electron chi connectivity index (χ3n) is 5.40. The number of carbonyl (C=O) groups excluding carboxylic acids is 2. The Balaban J connectivity index is 1.71. The van der Waals surface area contributed by atoms with Gasteiger partial charge in [0.1, 0.15) is 0 Å². The Morgan fingerprint density at radius 2 is 2.00 bits per heavy atom. The van der Waals surface area contributed by atoms with Gasteiger partial charge in [0, 0.05) is 48.5 Å². The van der Waals surface area contributed by atoms with E-state index in [0.717, 1.165) is 36.3 Å². The number of aliphatic hydroxyl groups is 1. The van der Waals surface area contributed by atoms with Crippen molar-refractivity contribution in [3.8, 4) is 0 Å². The Bertz CT molecular complexity index is 634. The maximum atomic E-state index is 12.9. The highest BCUT2D eigenvalue weighted by Crippen LogP contribution is 2.39. The van der Waals surface area contributed by atoms with Gasteiger partial charge in [-0.25, -0.2) is 0 Å². The van der Waals surface area contributed by atoms with E-state index in [4.69, 9.17) is 0 Å². The number of amides is 2. The number of benzene rings is 1. The smallest absolute Gasteiger partial charge is 0.253 e. The first-order valence-electron chi connectivity index (χ1n) is 8.89. The van der Waals surface area contributed by atoms with Gasteiger partial charge in [0.2, 0.25) is 5.91 Å². The second kappa shape index (κ2) is 7.79. The largest absolute Gasteiger partial charge is 0.395 e. The molecule has 0 aromatic heterocycles. The van der Waals surface area contributed by atoms with Crippen LogP contribution in [0, 0.1) is 5.41 Å². The predicted octanol–water partition coefficient (Wildman–Crippen LogP) is 2.25. The summed E-state index contributed by atoms with van der Waals surface area (Å²) in [7, 11) is 0.